The minimum atomic E-state index is -0.422. The van der Waals surface area contributed by atoms with Gasteiger partial charge in [-0.15, -0.1) is 0 Å². The number of aromatic nitrogens is 1. The molecule has 1 N–H and O–H groups in total. The van der Waals surface area contributed by atoms with Crippen LogP contribution in [0.4, 0.5) is 0 Å². The molecule has 0 bridgehead atoms. The third-order valence-electron chi connectivity index (χ3n) is 4.93. The molecule has 1 aromatic carbocycles. The van der Waals surface area contributed by atoms with Crippen LogP contribution in [0.25, 0.3) is 0 Å². The predicted octanol–water partition coefficient (Wildman–Crippen LogP) is 3.18. The zero-order valence-corrected chi connectivity index (χ0v) is 14.5. The van der Waals surface area contributed by atoms with Gasteiger partial charge < -0.3 is 14.6 Å². The van der Waals surface area contributed by atoms with Crippen LogP contribution >= 0.6 is 0 Å². The summed E-state index contributed by atoms with van der Waals surface area (Å²) in [7, 11) is 3.17. The number of ether oxygens (including phenoxy) is 1. The summed E-state index contributed by atoms with van der Waals surface area (Å²) in [6, 6.07) is 8.31. The van der Waals surface area contributed by atoms with Crippen molar-refractivity contribution in [2.75, 3.05) is 14.2 Å². The number of H-pyrrole nitrogens is 1. The summed E-state index contributed by atoms with van der Waals surface area (Å²) < 4.78 is 4.81. The average molecular weight is 326 g/mol. The minimum Gasteiger partial charge on any atom is -0.465 e. The molecule has 24 heavy (non-hydrogen) atoms. The first-order chi connectivity index (χ1) is 11.5. The number of benzene rings is 1. The number of nitrogens with zero attached hydrogens (tertiary/aromatic N) is 1. The number of rotatable bonds is 3. The number of carbonyl (C=O) groups excluding carboxylic acids is 2. The largest absolute Gasteiger partial charge is 0.465 e. The van der Waals surface area contributed by atoms with E-state index in [-0.39, 0.29) is 11.9 Å². The topological polar surface area (TPSA) is 62.4 Å². The number of esters is 1. The lowest BCUT2D eigenvalue weighted by Gasteiger charge is -2.25. The van der Waals surface area contributed by atoms with Crippen molar-refractivity contribution in [2.24, 2.45) is 0 Å². The Morgan fingerprint density at radius 2 is 1.96 bits per heavy atom. The monoisotopic (exact) mass is 326 g/mol. The summed E-state index contributed by atoms with van der Waals surface area (Å²) in [5.41, 5.74) is 4.71. The number of fused-ring (bicyclic) bond motifs is 1. The highest BCUT2D eigenvalue weighted by molar-refractivity contribution is 6.00. The molecule has 2 aromatic rings. The highest BCUT2D eigenvalue weighted by Gasteiger charge is 2.31. The summed E-state index contributed by atoms with van der Waals surface area (Å²) in [6.07, 6.45) is 1.90. The molecule has 1 aromatic heterocycles. The lowest BCUT2D eigenvalue weighted by molar-refractivity contribution is 0.0599. The summed E-state index contributed by atoms with van der Waals surface area (Å²) in [4.78, 5) is 29.7. The smallest absolute Gasteiger partial charge is 0.339 e. The van der Waals surface area contributed by atoms with Crippen molar-refractivity contribution in [1.29, 1.82) is 0 Å². The molecule has 5 heteroatoms. The Kier molecular flexibility index (Phi) is 4.18. The Morgan fingerprint density at radius 3 is 2.67 bits per heavy atom. The number of nitrogens with one attached hydrogen (secondary N) is 1. The van der Waals surface area contributed by atoms with Crippen molar-refractivity contribution in [3.63, 3.8) is 0 Å². The van der Waals surface area contributed by atoms with E-state index in [0.29, 0.717) is 22.5 Å². The standard InChI is InChI=1S/C19H22N2O3/c1-11-16(19(23)24-4)12(2)20-17(11)18(22)21(3)15-10-9-13-7-5-6-8-14(13)15/h5-8,15,20H,9-10H2,1-4H3. The summed E-state index contributed by atoms with van der Waals surface area (Å²) in [5, 5.41) is 0. The number of aromatic amines is 1. The van der Waals surface area contributed by atoms with Gasteiger partial charge in [-0.3, -0.25) is 4.79 Å². The third-order valence-corrected chi connectivity index (χ3v) is 4.93. The first-order valence-electron chi connectivity index (χ1n) is 8.08. The van der Waals surface area contributed by atoms with Crippen LogP contribution in [0.15, 0.2) is 24.3 Å². The van der Waals surface area contributed by atoms with Gasteiger partial charge in [0.15, 0.2) is 0 Å². The quantitative estimate of drug-likeness (QED) is 0.881. The van der Waals surface area contributed by atoms with Crippen LogP contribution in [0.2, 0.25) is 0 Å². The zero-order chi connectivity index (χ0) is 17.4. The first-order valence-corrected chi connectivity index (χ1v) is 8.08. The number of hydrogen-bond acceptors (Lipinski definition) is 3. The van der Waals surface area contributed by atoms with Gasteiger partial charge in [0, 0.05) is 12.7 Å². The van der Waals surface area contributed by atoms with Crippen LogP contribution < -0.4 is 0 Å². The molecule has 0 fully saturated rings. The molecule has 3 rings (SSSR count). The summed E-state index contributed by atoms with van der Waals surface area (Å²) >= 11 is 0. The molecule has 0 radical (unpaired) electrons. The van der Waals surface area contributed by atoms with Gasteiger partial charge in [-0.2, -0.15) is 0 Å². The van der Waals surface area contributed by atoms with E-state index >= 15 is 0 Å². The Morgan fingerprint density at radius 1 is 1.25 bits per heavy atom. The maximum atomic E-state index is 13.0. The number of methoxy groups -OCH3 is 1. The van der Waals surface area contributed by atoms with Crippen molar-refractivity contribution in [2.45, 2.75) is 32.7 Å². The van der Waals surface area contributed by atoms with Crippen LogP contribution in [0.5, 0.6) is 0 Å². The van der Waals surface area contributed by atoms with Crippen LogP contribution in [0.3, 0.4) is 0 Å². The van der Waals surface area contributed by atoms with Crippen molar-refractivity contribution < 1.29 is 14.3 Å². The molecule has 1 amide bonds. The molecule has 1 unspecified atom stereocenters. The molecule has 0 aliphatic heterocycles. The van der Waals surface area contributed by atoms with Crippen LogP contribution in [0.1, 0.15) is 55.7 Å². The molecule has 0 spiro atoms. The average Bonchev–Trinajstić information content (AvgIpc) is 3.14. The van der Waals surface area contributed by atoms with Gasteiger partial charge >= 0.3 is 5.97 Å². The van der Waals surface area contributed by atoms with Crippen LogP contribution in [0, 0.1) is 13.8 Å². The zero-order valence-electron chi connectivity index (χ0n) is 14.5. The fourth-order valence-corrected chi connectivity index (χ4v) is 3.63. The molecule has 1 aliphatic carbocycles. The molecule has 126 valence electrons. The van der Waals surface area contributed by atoms with Crippen LogP contribution in [-0.2, 0) is 11.2 Å². The second-order valence-corrected chi connectivity index (χ2v) is 6.29. The Hall–Kier alpha value is -2.56. The van der Waals surface area contributed by atoms with Crippen molar-refractivity contribution >= 4 is 11.9 Å². The predicted molar refractivity (Wildman–Crippen MR) is 91.2 cm³/mol. The SMILES string of the molecule is COC(=O)c1c(C)[nH]c(C(=O)N(C)C2CCc3ccccc32)c1C. The van der Waals surface area contributed by atoms with Gasteiger partial charge in [-0.25, -0.2) is 4.79 Å². The van der Waals surface area contributed by atoms with Crippen LogP contribution in [-0.4, -0.2) is 35.9 Å². The van der Waals surface area contributed by atoms with Crippen molar-refractivity contribution in [3.8, 4) is 0 Å². The van der Waals surface area contributed by atoms with E-state index in [9.17, 15) is 9.59 Å². The molecule has 0 saturated carbocycles. The number of carbonyl (C=O) groups is 2. The molecule has 1 heterocycles. The van der Waals surface area contributed by atoms with Gasteiger partial charge in [0.25, 0.3) is 5.91 Å². The Balaban J connectivity index is 1.92. The van der Waals surface area contributed by atoms with E-state index in [1.54, 1.807) is 18.7 Å². The van der Waals surface area contributed by atoms with Gasteiger partial charge in [0.05, 0.1) is 18.7 Å². The normalized spacial score (nSPS) is 15.9. The molecular weight excluding hydrogens is 304 g/mol. The fourth-order valence-electron chi connectivity index (χ4n) is 3.63. The second-order valence-electron chi connectivity index (χ2n) is 6.29. The van der Waals surface area contributed by atoms with E-state index in [1.165, 1.54) is 18.2 Å². The lowest BCUT2D eigenvalue weighted by Crippen LogP contribution is -2.31. The number of aryl methyl sites for hydroxylation is 2. The van der Waals surface area contributed by atoms with Gasteiger partial charge in [-0.1, -0.05) is 24.3 Å². The molecule has 1 aliphatic rings. The van der Waals surface area contributed by atoms with Gasteiger partial charge in [-0.05, 0) is 43.4 Å². The van der Waals surface area contributed by atoms with E-state index in [2.05, 4.69) is 17.1 Å². The fraction of sp³-hybridized carbons (Fsp3) is 0.368. The van der Waals surface area contributed by atoms with E-state index in [0.717, 1.165) is 12.8 Å². The Bertz CT molecular complexity index is 807. The van der Waals surface area contributed by atoms with Gasteiger partial charge in [0.2, 0.25) is 0 Å². The number of hydrogen-bond donors (Lipinski definition) is 1. The maximum Gasteiger partial charge on any atom is 0.339 e. The minimum absolute atomic E-state index is 0.0679. The highest BCUT2D eigenvalue weighted by Crippen LogP contribution is 2.35. The summed E-state index contributed by atoms with van der Waals surface area (Å²) in [5.74, 6) is -0.526. The third kappa shape index (κ3) is 2.50. The van der Waals surface area contributed by atoms with E-state index in [4.69, 9.17) is 4.74 Å². The second kappa shape index (κ2) is 6.15. The molecule has 5 nitrogen and oxygen atoms in total. The lowest BCUT2D eigenvalue weighted by atomic mass is 10.1. The first kappa shape index (κ1) is 16.3. The highest BCUT2D eigenvalue weighted by atomic mass is 16.5. The van der Waals surface area contributed by atoms with Crippen molar-refractivity contribution in [3.05, 3.63) is 57.9 Å². The molecular formula is C19H22N2O3. The Labute approximate surface area is 141 Å². The summed E-state index contributed by atoms with van der Waals surface area (Å²) in [6.45, 7) is 3.56. The van der Waals surface area contributed by atoms with E-state index < -0.39 is 5.97 Å². The van der Waals surface area contributed by atoms with Crippen molar-refractivity contribution in [1.82, 2.24) is 9.88 Å². The van der Waals surface area contributed by atoms with Gasteiger partial charge in [0.1, 0.15) is 5.69 Å². The van der Waals surface area contributed by atoms with E-state index in [1.807, 2.05) is 19.2 Å². The molecule has 1 atom stereocenters. The molecule has 0 saturated heterocycles. The maximum absolute atomic E-state index is 13.0. The number of amides is 1.